The molecule has 0 spiro atoms. The van der Waals surface area contributed by atoms with E-state index in [4.69, 9.17) is 5.11 Å². The average Bonchev–Trinajstić information content (AvgIpc) is 2.85. The molecular weight excluding hydrogens is 258 g/mol. The van der Waals surface area contributed by atoms with Gasteiger partial charge >= 0.3 is 5.97 Å². The Kier molecular flexibility index (Phi) is 2.85. The number of carbonyl (C=O) groups is 3. The molecular formula is C15H15NO4. The van der Waals surface area contributed by atoms with Crippen LogP contribution in [0, 0.1) is 18.8 Å². The molecule has 2 atom stereocenters. The van der Waals surface area contributed by atoms with Crippen LogP contribution in [0.2, 0.25) is 0 Å². The monoisotopic (exact) mass is 273 g/mol. The lowest BCUT2D eigenvalue weighted by molar-refractivity contribution is -0.133. The maximum absolute atomic E-state index is 12.4. The van der Waals surface area contributed by atoms with Gasteiger partial charge in [-0.3, -0.25) is 9.59 Å². The summed E-state index contributed by atoms with van der Waals surface area (Å²) < 4.78 is 0. The summed E-state index contributed by atoms with van der Waals surface area (Å²) in [6, 6.07) is 4.53. The molecule has 5 heteroatoms. The number of imide groups is 1. The van der Waals surface area contributed by atoms with Crippen LogP contribution in [0.25, 0.3) is 0 Å². The Labute approximate surface area is 116 Å². The van der Waals surface area contributed by atoms with Gasteiger partial charge in [0.25, 0.3) is 0 Å². The van der Waals surface area contributed by atoms with Crippen LogP contribution in [-0.4, -0.2) is 22.9 Å². The summed E-state index contributed by atoms with van der Waals surface area (Å²) >= 11 is 0. The number of carbonyl (C=O) groups excluding carboxylic acids is 2. The number of amides is 2. The van der Waals surface area contributed by atoms with E-state index in [1.165, 1.54) is 17.0 Å². The first-order chi connectivity index (χ1) is 9.49. The van der Waals surface area contributed by atoms with Crippen molar-refractivity contribution >= 4 is 23.5 Å². The highest BCUT2D eigenvalue weighted by atomic mass is 16.4. The lowest BCUT2D eigenvalue weighted by Crippen LogP contribution is -2.46. The summed E-state index contributed by atoms with van der Waals surface area (Å²) in [4.78, 5) is 37.0. The quantitative estimate of drug-likeness (QED) is 0.836. The molecule has 2 unspecified atom stereocenters. The zero-order valence-electron chi connectivity index (χ0n) is 11.1. The van der Waals surface area contributed by atoms with E-state index < -0.39 is 5.97 Å². The van der Waals surface area contributed by atoms with Crippen LogP contribution >= 0.6 is 0 Å². The topological polar surface area (TPSA) is 74.7 Å². The largest absolute Gasteiger partial charge is 0.478 e. The third-order valence-electron chi connectivity index (χ3n) is 4.27. The molecule has 104 valence electrons. The Hall–Kier alpha value is -2.17. The average molecular weight is 273 g/mol. The molecule has 3 rings (SSSR count). The summed E-state index contributed by atoms with van der Waals surface area (Å²) in [5.74, 6) is -1.62. The zero-order valence-corrected chi connectivity index (χ0v) is 11.1. The zero-order chi connectivity index (χ0) is 14.4. The Balaban J connectivity index is 2.07. The van der Waals surface area contributed by atoms with Crippen LogP contribution in [0.5, 0.6) is 0 Å². The van der Waals surface area contributed by atoms with Crippen molar-refractivity contribution in [2.45, 2.75) is 26.2 Å². The molecule has 1 aliphatic carbocycles. The number of aryl methyl sites for hydroxylation is 1. The van der Waals surface area contributed by atoms with Gasteiger partial charge in [0.05, 0.1) is 11.3 Å². The van der Waals surface area contributed by atoms with Gasteiger partial charge in [-0.15, -0.1) is 0 Å². The van der Waals surface area contributed by atoms with Gasteiger partial charge < -0.3 is 5.11 Å². The predicted molar refractivity (Wildman–Crippen MR) is 71.5 cm³/mol. The molecule has 1 N–H and O–H groups in total. The maximum atomic E-state index is 12.4. The van der Waals surface area contributed by atoms with Crippen LogP contribution < -0.4 is 4.90 Å². The third-order valence-corrected chi connectivity index (χ3v) is 4.27. The third kappa shape index (κ3) is 1.81. The molecule has 1 saturated carbocycles. The Morgan fingerprint density at radius 2 is 1.80 bits per heavy atom. The van der Waals surface area contributed by atoms with E-state index in [1.807, 2.05) is 0 Å². The minimum Gasteiger partial charge on any atom is -0.478 e. The van der Waals surface area contributed by atoms with E-state index in [2.05, 4.69) is 0 Å². The van der Waals surface area contributed by atoms with Crippen LogP contribution in [-0.2, 0) is 9.59 Å². The van der Waals surface area contributed by atoms with E-state index in [9.17, 15) is 14.4 Å². The van der Waals surface area contributed by atoms with E-state index in [0.29, 0.717) is 12.1 Å². The minimum atomic E-state index is -1.06. The summed E-state index contributed by atoms with van der Waals surface area (Å²) in [6.45, 7) is 1.78. The fourth-order valence-corrected chi connectivity index (χ4v) is 3.12. The van der Waals surface area contributed by atoms with Crippen LogP contribution in [0.1, 0.15) is 35.2 Å². The number of hydrogen-bond acceptors (Lipinski definition) is 3. The lowest BCUT2D eigenvalue weighted by atomic mass is 9.95. The molecule has 5 nitrogen and oxygen atoms in total. The number of benzene rings is 1. The number of anilines is 1. The number of hydrogen-bond donors (Lipinski definition) is 1. The van der Waals surface area contributed by atoms with Gasteiger partial charge in [-0.2, -0.15) is 0 Å². The highest BCUT2D eigenvalue weighted by molar-refractivity contribution is 6.19. The van der Waals surface area contributed by atoms with Gasteiger partial charge in [0.1, 0.15) is 0 Å². The van der Waals surface area contributed by atoms with Crippen LogP contribution in [0.4, 0.5) is 5.69 Å². The van der Waals surface area contributed by atoms with E-state index in [1.54, 1.807) is 13.0 Å². The molecule has 1 aliphatic heterocycles. The second kappa shape index (κ2) is 4.44. The molecule has 2 fully saturated rings. The molecule has 20 heavy (non-hydrogen) atoms. The number of carboxylic acid groups (broad SMARTS) is 1. The summed E-state index contributed by atoms with van der Waals surface area (Å²) in [7, 11) is 0. The van der Waals surface area contributed by atoms with Crippen molar-refractivity contribution in [1.29, 1.82) is 0 Å². The molecule has 0 radical (unpaired) electrons. The van der Waals surface area contributed by atoms with Crippen molar-refractivity contribution in [3.63, 3.8) is 0 Å². The number of nitrogens with zero attached hydrogens (tertiary/aromatic N) is 1. The fraction of sp³-hybridized carbons (Fsp3) is 0.400. The van der Waals surface area contributed by atoms with Crippen molar-refractivity contribution in [2.24, 2.45) is 11.8 Å². The first-order valence-electron chi connectivity index (χ1n) is 6.71. The first-order valence-corrected chi connectivity index (χ1v) is 6.71. The number of aromatic carboxylic acids is 1. The van der Waals surface area contributed by atoms with E-state index in [-0.39, 0.29) is 29.2 Å². The van der Waals surface area contributed by atoms with Crippen molar-refractivity contribution < 1.29 is 19.5 Å². The van der Waals surface area contributed by atoms with Crippen LogP contribution in [0.15, 0.2) is 18.2 Å². The number of piperidine rings is 1. The Morgan fingerprint density at radius 3 is 2.35 bits per heavy atom. The highest BCUT2D eigenvalue weighted by Crippen LogP contribution is 2.40. The van der Waals surface area contributed by atoms with Crippen molar-refractivity contribution in [3.05, 3.63) is 29.3 Å². The second-order valence-corrected chi connectivity index (χ2v) is 5.53. The Morgan fingerprint density at radius 1 is 1.20 bits per heavy atom. The highest BCUT2D eigenvalue weighted by Gasteiger charge is 2.46. The number of fused-ring (bicyclic) bond motifs is 2. The van der Waals surface area contributed by atoms with E-state index in [0.717, 1.165) is 18.4 Å². The second-order valence-electron chi connectivity index (χ2n) is 5.53. The van der Waals surface area contributed by atoms with Gasteiger partial charge in [0.2, 0.25) is 11.8 Å². The van der Waals surface area contributed by atoms with Crippen molar-refractivity contribution in [1.82, 2.24) is 0 Å². The fourth-order valence-electron chi connectivity index (χ4n) is 3.12. The standard InChI is InChI=1S/C15H15NO4/c1-8-2-3-11(15(19)20)7-12(8)16-13(17)9-4-5-10(6-9)14(16)18/h2-3,7,9-10H,4-6H2,1H3,(H,19,20). The normalized spacial score (nSPS) is 25.1. The van der Waals surface area contributed by atoms with Crippen molar-refractivity contribution in [3.8, 4) is 0 Å². The molecule has 1 aromatic rings. The molecule has 1 aromatic carbocycles. The van der Waals surface area contributed by atoms with Gasteiger partial charge in [0.15, 0.2) is 0 Å². The predicted octanol–water partition coefficient (Wildman–Crippen LogP) is 1.98. The smallest absolute Gasteiger partial charge is 0.335 e. The number of rotatable bonds is 2. The molecule has 2 bridgehead atoms. The molecule has 0 aromatic heterocycles. The minimum absolute atomic E-state index is 0.0871. The van der Waals surface area contributed by atoms with Gasteiger partial charge in [-0.25, -0.2) is 9.69 Å². The molecule has 1 saturated heterocycles. The summed E-state index contributed by atoms with van der Waals surface area (Å²) in [5.41, 5.74) is 1.23. The van der Waals surface area contributed by atoms with E-state index >= 15 is 0 Å². The Bertz CT molecular complexity index is 600. The molecule has 2 amide bonds. The lowest BCUT2D eigenvalue weighted by Gasteiger charge is -2.30. The van der Waals surface area contributed by atoms with Crippen LogP contribution in [0.3, 0.4) is 0 Å². The molecule has 2 aliphatic rings. The number of carboxylic acids is 1. The maximum Gasteiger partial charge on any atom is 0.335 e. The first kappa shape index (κ1) is 12.8. The van der Waals surface area contributed by atoms with Gasteiger partial charge in [0, 0.05) is 11.8 Å². The van der Waals surface area contributed by atoms with Crippen molar-refractivity contribution in [2.75, 3.05) is 4.90 Å². The summed E-state index contributed by atoms with van der Waals surface area (Å²) in [5, 5.41) is 9.06. The van der Waals surface area contributed by atoms with Gasteiger partial charge in [-0.05, 0) is 43.9 Å². The SMILES string of the molecule is Cc1ccc(C(=O)O)cc1N1C(=O)C2CCC(C2)C1=O. The molecule has 1 heterocycles. The van der Waals surface area contributed by atoms with Gasteiger partial charge in [-0.1, -0.05) is 6.07 Å². The summed E-state index contributed by atoms with van der Waals surface area (Å²) in [6.07, 6.45) is 2.15.